The molecule has 0 aliphatic carbocycles. The minimum Gasteiger partial charge on any atom is -0.251 e. The highest BCUT2D eigenvalue weighted by Gasteiger charge is 2.24. The van der Waals surface area contributed by atoms with Crippen molar-refractivity contribution in [2.45, 2.75) is 17.5 Å². The van der Waals surface area contributed by atoms with Crippen molar-refractivity contribution in [3.05, 3.63) is 77.0 Å². The van der Waals surface area contributed by atoms with Crippen LogP contribution in [0.2, 0.25) is 0 Å². The van der Waals surface area contributed by atoms with E-state index >= 15 is 0 Å². The number of nitrogens with one attached hydrogen (secondary N) is 1. The molecule has 25 heavy (non-hydrogen) atoms. The van der Waals surface area contributed by atoms with E-state index in [0.717, 1.165) is 17.7 Å². The van der Waals surface area contributed by atoms with E-state index in [-0.39, 0.29) is 15.9 Å². The predicted molar refractivity (Wildman–Crippen MR) is 93.6 cm³/mol. The van der Waals surface area contributed by atoms with Gasteiger partial charge in [0, 0.05) is 4.47 Å². The summed E-state index contributed by atoms with van der Waals surface area (Å²) >= 11 is 3.10. The van der Waals surface area contributed by atoms with Crippen LogP contribution < -0.4 is 4.72 Å². The highest BCUT2D eigenvalue weighted by molar-refractivity contribution is 9.10. The first-order valence-corrected chi connectivity index (χ1v) is 9.58. The molecule has 130 valence electrons. The van der Waals surface area contributed by atoms with Crippen molar-refractivity contribution >= 4 is 26.0 Å². The molecule has 1 unspecified atom stereocenters. The zero-order valence-corrected chi connectivity index (χ0v) is 15.3. The average molecular weight is 425 g/mol. The van der Waals surface area contributed by atoms with Crippen molar-refractivity contribution in [3.63, 3.8) is 0 Å². The van der Waals surface area contributed by atoms with Crippen LogP contribution in [0.1, 0.15) is 11.6 Å². The monoisotopic (exact) mass is 424 g/mol. The molecule has 6 nitrogen and oxygen atoms in total. The number of sulfonamides is 1. The zero-order chi connectivity index (χ0) is 17.9. The minimum atomic E-state index is -3.88. The molecule has 3 rings (SSSR count). The summed E-state index contributed by atoms with van der Waals surface area (Å²) in [7, 11) is -3.88. The molecule has 0 aliphatic rings. The third-order valence-electron chi connectivity index (χ3n) is 3.52. The van der Waals surface area contributed by atoms with E-state index in [1.54, 1.807) is 4.68 Å². The molecule has 0 saturated carbocycles. The van der Waals surface area contributed by atoms with Gasteiger partial charge in [0.05, 0.1) is 17.5 Å². The second-order valence-corrected chi connectivity index (χ2v) is 7.81. The second kappa shape index (κ2) is 7.42. The first kappa shape index (κ1) is 17.7. The normalized spacial score (nSPS) is 12.9. The lowest BCUT2D eigenvalue weighted by Crippen LogP contribution is -2.32. The van der Waals surface area contributed by atoms with Crippen LogP contribution in [0.25, 0.3) is 0 Å². The van der Waals surface area contributed by atoms with Crippen LogP contribution in [0, 0.1) is 5.82 Å². The molecule has 0 fully saturated rings. The van der Waals surface area contributed by atoms with Gasteiger partial charge in [0.15, 0.2) is 0 Å². The van der Waals surface area contributed by atoms with Crippen molar-refractivity contribution < 1.29 is 12.8 Å². The Bertz CT molecular complexity index is 950. The van der Waals surface area contributed by atoms with Gasteiger partial charge in [-0.3, -0.25) is 4.68 Å². The Hall–Kier alpha value is -2.10. The quantitative estimate of drug-likeness (QED) is 0.659. The summed E-state index contributed by atoms with van der Waals surface area (Å²) in [5, 5.41) is 4.03. The van der Waals surface area contributed by atoms with E-state index in [1.807, 2.05) is 30.3 Å². The molecule has 9 heteroatoms. The third-order valence-corrected chi connectivity index (χ3v) is 5.97. The number of hydrogen-bond acceptors (Lipinski definition) is 4. The fourth-order valence-corrected chi connectivity index (χ4v) is 4.62. The lowest BCUT2D eigenvalue weighted by atomic mass is 10.1. The van der Waals surface area contributed by atoms with Crippen LogP contribution in [0.5, 0.6) is 0 Å². The lowest BCUT2D eigenvalue weighted by Gasteiger charge is -2.19. The first-order valence-electron chi connectivity index (χ1n) is 7.30. The van der Waals surface area contributed by atoms with Gasteiger partial charge in [0.25, 0.3) is 0 Å². The SMILES string of the molecule is O=S(=O)(NC(Cn1cncn1)c1ccccc1)c1ccc(F)cc1Br. The highest BCUT2D eigenvalue weighted by Crippen LogP contribution is 2.25. The van der Waals surface area contributed by atoms with Crippen molar-refractivity contribution in [2.24, 2.45) is 0 Å². The van der Waals surface area contributed by atoms with Crippen molar-refractivity contribution in [1.29, 1.82) is 0 Å². The molecule has 1 N–H and O–H groups in total. The molecular formula is C16H14BrFN4O2S. The molecule has 1 aromatic heterocycles. The Morgan fingerprint density at radius 2 is 1.96 bits per heavy atom. The minimum absolute atomic E-state index is 0.0339. The summed E-state index contributed by atoms with van der Waals surface area (Å²) in [6.45, 7) is 0.266. The summed E-state index contributed by atoms with van der Waals surface area (Å²) in [5.41, 5.74) is 0.778. The largest absolute Gasteiger partial charge is 0.251 e. The number of halogens is 2. The van der Waals surface area contributed by atoms with Gasteiger partial charge in [-0.15, -0.1) is 0 Å². The first-order chi connectivity index (χ1) is 12.0. The van der Waals surface area contributed by atoms with Gasteiger partial charge in [0.2, 0.25) is 10.0 Å². The Balaban J connectivity index is 1.93. The Kier molecular flexibility index (Phi) is 5.26. The lowest BCUT2D eigenvalue weighted by molar-refractivity contribution is 0.482. The molecule has 0 aliphatic heterocycles. The van der Waals surface area contributed by atoms with Gasteiger partial charge in [-0.05, 0) is 39.7 Å². The fourth-order valence-electron chi connectivity index (χ4n) is 2.35. The van der Waals surface area contributed by atoms with Gasteiger partial charge < -0.3 is 0 Å². The molecule has 1 atom stereocenters. The summed E-state index contributed by atoms with van der Waals surface area (Å²) in [5.74, 6) is -0.520. The second-order valence-electron chi connectivity index (χ2n) is 5.28. The number of hydrogen-bond donors (Lipinski definition) is 1. The summed E-state index contributed by atoms with van der Waals surface area (Å²) in [6.07, 6.45) is 2.89. The van der Waals surface area contributed by atoms with Gasteiger partial charge in [-0.25, -0.2) is 22.5 Å². The van der Waals surface area contributed by atoms with E-state index in [1.165, 1.54) is 18.7 Å². The Morgan fingerprint density at radius 1 is 1.20 bits per heavy atom. The third kappa shape index (κ3) is 4.30. The molecule has 3 aromatic rings. The smallest absolute Gasteiger partial charge is 0.242 e. The van der Waals surface area contributed by atoms with E-state index < -0.39 is 21.9 Å². The van der Waals surface area contributed by atoms with Crippen molar-refractivity contribution in [3.8, 4) is 0 Å². The highest BCUT2D eigenvalue weighted by atomic mass is 79.9. The van der Waals surface area contributed by atoms with Gasteiger partial charge in [0.1, 0.15) is 18.5 Å². The fraction of sp³-hybridized carbons (Fsp3) is 0.125. The molecule has 0 amide bonds. The van der Waals surface area contributed by atoms with Crippen LogP contribution in [-0.4, -0.2) is 23.2 Å². The zero-order valence-electron chi connectivity index (χ0n) is 12.9. The van der Waals surface area contributed by atoms with Crippen LogP contribution >= 0.6 is 15.9 Å². The number of aromatic nitrogens is 3. The molecule has 0 bridgehead atoms. The molecule has 0 radical (unpaired) electrons. The van der Waals surface area contributed by atoms with Gasteiger partial charge in [-0.1, -0.05) is 30.3 Å². The maximum atomic E-state index is 13.3. The van der Waals surface area contributed by atoms with Crippen LogP contribution in [0.15, 0.2) is 70.6 Å². The average Bonchev–Trinajstić information content (AvgIpc) is 3.07. The van der Waals surface area contributed by atoms with Crippen molar-refractivity contribution in [1.82, 2.24) is 19.5 Å². The van der Waals surface area contributed by atoms with Gasteiger partial charge >= 0.3 is 0 Å². The predicted octanol–water partition coefficient (Wildman–Crippen LogP) is 2.90. The number of benzene rings is 2. The standard InChI is InChI=1S/C16H14BrFN4O2S/c17-14-8-13(18)6-7-16(14)25(23,24)21-15(9-22-11-19-10-20-22)12-4-2-1-3-5-12/h1-8,10-11,15,21H,9H2. The Labute approximate surface area is 152 Å². The van der Waals surface area contributed by atoms with E-state index in [2.05, 4.69) is 30.7 Å². The topological polar surface area (TPSA) is 76.9 Å². The molecule has 0 spiro atoms. The van der Waals surface area contributed by atoms with Crippen LogP contribution in [0.4, 0.5) is 4.39 Å². The maximum absolute atomic E-state index is 13.3. The van der Waals surface area contributed by atoms with E-state index in [4.69, 9.17) is 0 Å². The number of nitrogens with zero attached hydrogens (tertiary/aromatic N) is 3. The molecule has 2 aromatic carbocycles. The Morgan fingerprint density at radius 3 is 2.60 bits per heavy atom. The molecule has 1 heterocycles. The van der Waals surface area contributed by atoms with Crippen molar-refractivity contribution in [2.75, 3.05) is 0 Å². The molecular weight excluding hydrogens is 411 g/mol. The van der Waals surface area contributed by atoms with E-state index in [0.29, 0.717) is 0 Å². The molecule has 0 saturated heterocycles. The maximum Gasteiger partial charge on any atom is 0.242 e. The van der Waals surface area contributed by atoms with Gasteiger partial charge in [-0.2, -0.15) is 5.10 Å². The van der Waals surface area contributed by atoms with Crippen LogP contribution in [-0.2, 0) is 16.6 Å². The summed E-state index contributed by atoms with van der Waals surface area (Å²) in [4.78, 5) is 3.84. The summed E-state index contributed by atoms with van der Waals surface area (Å²) in [6, 6.07) is 12.0. The van der Waals surface area contributed by atoms with E-state index in [9.17, 15) is 12.8 Å². The number of rotatable bonds is 6. The summed E-state index contributed by atoms with van der Waals surface area (Å²) < 4.78 is 43.1. The van der Waals surface area contributed by atoms with Crippen LogP contribution in [0.3, 0.4) is 0 Å².